The molecule has 1 aliphatic rings. The van der Waals surface area contributed by atoms with Crippen LogP contribution in [0.4, 0.5) is 5.69 Å². The summed E-state index contributed by atoms with van der Waals surface area (Å²) < 4.78 is 5.61. The van der Waals surface area contributed by atoms with Crippen LogP contribution < -0.4 is 10.2 Å². The summed E-state index contributed by atoms with van der Waals surface area (Å²) in [6.07, 6.45) is 7.29. The molecule has 4 heteroatoms. The van der Waals surface area contributed by atoms with Crippen LogP contribution in [0.25, 0.3) is 0 Å². The number of nitrogens with zero attached hydrogens (tertiary/aromatic N) is 2. The van der Waals surface area contributed by atoms with E-state index in [0.717, 1.165) is 39.3 Å². The van der Waals surface area contributed by atoms with Crippen molar-refractivity contribution in [3.8, 4) is 0 Å². The number of hydrogen-bond acceptors (Lipinski definition) is 4. The second kappa shape index (κ2) is 9.00. The molecule has 2 heterocycles. The van der Waals surface area contributed by atoms with Gasteiger partial charge in [-0.2, -0.15) is 0 Å². The third-order valence-electron chi connectivity index (χ3n) is 3.87. The van der Waals surface area contributed by atoms with Gasteiger partial charge in [-0.15, -0.1) is 0 Å². The maximum Gasteiger partial charge on any atom is 0.0489 e. The normalized spacial score (nSPS) is 16.6. The summed E-state index contributed by atoms with van der Waals surface area (Å²) >= 11 is 0. The van der Waals surface area contributed by atoms with Gasteiger partial charge in [-0.05, 0) is 43.9 Å². The number of nitrogens with one attached hydrogen (secondary N) is 1. The Hall–Kier alpha value is -1.13. The van der Waals surface area contributed by atoms with Gasteiger partial charge in [0, 0.05) is 50.4 Å². The average molecular weight is 291 g/mol. The fourth-order valence-electron chi connectivity index (χ4n) is 2.70. The number of rotatable bonds is 8. The first kappa shape index (κ1) is 16.2. The van der Waals surface area contributed by atoms with Gasteiger partial charge in [0.15, 0.2) is 0 Å². The van der Waals surface area contributed by atoms with E-state index in [4.69, 9.17) is 4.74 Å². The molecule has 0 unspecified atom stereocenters. The molecule has 1 aromatic rings. The number of piperidine rings is 1. The lowest BCUT2D eigenvalue weighted by molar-refractivity contribution is 0.107. The fraction of sp³-hybridized carbons (Fsp3) is 0.706. The van der Waals surface area contributed by atoms with E-state index in [1.54, 1.807) is 0 Å². The molecule has 0 atom stereocenters. The molecule has 118 valence electrons. The zero-order valence-electron chi connectivity index (χ0n) is 13.4. The molecule has 1 aromatic heterocycles. The average Bonchev–Trinajstić information content (AvgIpc) is 2.52. The first-order valence-electron chi connectivity index (χ1n) is 8.22. The van der Waals surface area contributed by atoms with Crippen LogP contribution in [0.5, 0.6) is 0 Å². The Bertz CT molecular complexity index is 375. The second-order valence-corrected chi connectivity index (χ2v) is 6.24. The van der Waals surface area contributed by atoms with E-state index in [1.807, 2.05) is 12.4 Å². The predicted molar refractivity (Wildman–Crippen MR) is 87.7 cm³/mol. The quantitative estimate of drug-likeness (QED) is 0.747. The van der Waals surface area contributed by atoms with Crippen molar-refractivity contribution in [3.63, 3.8) is 0 Å². The molecule has 1 aliphatic heterocycles. The van der Waals surface area contributed by atoms with Gasteiger partial charge in [0.25, 0.3) is 0 Å². The Balaban J connectivity index is 1.55. The molecule has 1 fully saturated rings. The van der Waals surface area contributed by atoms with Crippen LogP contribution in [0, 0.1) is 5.92 Å². The van der Waals surface area contributed by atoms with Crippen LogP contribution in [0.1, 0.15) is 33.1 Å². The number of ether oxygens (including phenoxy) is 1. The van der Waals surface area contributed by atoms with Crippen molar-refractivity contribution < 1.29 is 4.74 Å². The Kier molecular flexibility index (Phi) is 6.96. The summed E-state index contributed by atoms with van der Waals surface area (Å²) in [5.74, 6) is 0.635. The summed E-state index contributed by atoms with van der Waals surface area (Å²) in [6, 6.07) is 4.85. The maximum atomic E-state index is 5.61. The monoisotopic (exact) mass is 291 g/mol. The molecule has 0 bridgehead atoms. The largest absolute Gasteiger partial charge is 0.381 e. The van der Waals surface area contributed by atoms with Crippen LogP contribution in [-0.2, 0) is 4.74 Å². The maximum absolute atomic E-state index is 5.61. The van der Waals surface area contributed by atoms with Gasteiger partial charge < -0.3 is 15.0 Å². The SMILES string of the molecule is CC(C)COCCCNC1CCN(c2ccncc2)CC1. The fourth-order valence-corrected chi connectivity index (χ4v) is 2.70. The molecule has 0 saturated carbocycles. The van der Waals surface area contributed by atoms with Gasteiger partial charge in [-0.1, -0.05) is 13.8 Å². The highest BCUT2D eigenvalue weighted by Gasteiger charge is 2.18. The van der Waals surface area contributed by atoms with E-state index in [2.05, 4.69) is 41.2 Å². The van der Waals surface area contributed by atoms with Gasteiger partial charge in [0.1, 0.15) is 0 Å². The van der Waals surface area contributed by atoms with Crippen molar-refractivity contribution in [1.29, 1.82) is 0 Å². The van der Waals surface area contributed by atoms with E-state index in [0.29, 0.717) is 12.0 Å². The van der Waals surface area contributed by atoms with Crippen molar-refractivity contribution >= 4 is 5.69 Å². The highest BCUT2D eigenvalue weighted by atomic mass is 16.5. The van der Waals surface area contributed by atoms with Crippen LogP contribution in [0.2, 0.25) is 0 Å². The van der Waals surface area contributed by atoms with Crippen LogP contribution in [-0.4, -0.2) is 43.9 Å². The van der Waals surface area contributed by atoms with E-state index in [-0.39, 0.29) is 0 Å². The summed E-state index contributed by atoms with van der Waals surface area (Å²) in [5.41, 5.74) is 1.30. The number of hydrogen-bond donors (Lipinski definition) is 1. The first-order chi connectivity index (χ1) is 10.3. The molecule has 1 N–H and O–H groups in total. The minimum Gasteiger partial charge on any atom is -0.381 e. The van der Waals surface area contributed by atoms with Crippen molar-refractivity contribution in [2.24, 2.45) is 5.92 Å². The van der Waals surface area contributed by atoms with Crippen molar-refractivity contribution in [2.75, 3.05) is 37.7 Å². The van der Waals surface area contributed by atoms with Gasteiger partial charge >= 0.3 is 0 Å². The third kappa shape index (κ3) is 6.02. The van der Waals surface area contributed by atoms with Crippen LogP contribution in [0.15, 0.2) is 24.5 Å². The Labute approximate surface area is 128 Å². The van der Waals surface area contributed by atoms with E-state index < -0.39 is 0 Å². The third-order valence-corrected chi connectivity index (χ3v) is 3.87. The summed E-state index contributed by atoms with van der Waals surface area (Å²) in [5, 5.41) is 3.66. The van der Waals surface area contributed by atoms with Crippen molar-refractivity contribution in [3.05, 3.63) is 24.5 Å². The smallest absolute Gasteiger partial charge is 0.0489 e. The van der Waals surface area contributed by atoms with Crippen molar-refractivity contribution in [1.82, 2.24) is 10.3 Å². The Morgan fingerprint density at radius 1 is 1.29 bits per heavy atom. The summed E-state index contributed by atoms with van der Waals surface area (Å²) in [7, 11) is 0. The lowest BCUT2D eigenvalue weighted by atomic mass is 10.0. The standard InChI is InChI=1S/C17H29N3O/c1-15(2)14-21-13-3-8-19-16-6-11-20(12-7-16)17-4-9-18-10-5-17/h4-5,9-10,15-16,19H,3,6-8,11-14H2,1-2H3. The zero-order valence-corrected chi connectivity index (χ0v) is 13.4. The molecule has 4 nitrogen and oxygen atoms in total. The Morgan fingerprint density at radius 2 is 2.00 bits per heavy atom. The van der Waals surface area contributed by atoms with Gasteiger partial charge in [0.2, 0.25) is 0 Å². The topological polar surface area (TPSA) is 37.4 Å². The lowest BCUT2D eigenvalue weighted by Gasteiger charge is -2.34. The molecular formula is C17H29N3O. The summed E-state index contributed by atoms with van der Waals surface area (Å²) in [4.78, 5) is 6.53. The highest BCUT2D eigenvalue weighted by molar-refractivity contribution is 5.44. The minimum atomic E-state index is 0.635. The molecule has 0 radical (unpaired) electrons. The van der Waals surface area contributed by atoms with Gasteiger partial charge in [0.05, 0.1) is 0 Å². The number of anilines is 1. The molecule has 2 rings (SSSR count). The highest BCUT2D eigenvalue weighted by Crippen LogP contribution is 2.18. The summed E-state index contributed by atoms with van der Waals surface area (Å²) in [6.45, 7) is 9.46. The van der Waals surface area contributed by atoms with Gasteiger partial charge in [-0.25, -0.2) is 0 Å². The molecular weight excluding hydrogens is 262 g/mol. The molecule has 0 spiro atoms. The van der Waals surface area contributed by atoms with E-state index in [9.17, 15) is 0 Å². The minimum absolute atomic E-state index is 0.635. The number of aromatic nitrogens is 1. The Morgan fingerprint density at radius 3 is 2.67 bits per heavy atom. The second-order valence-electron chi connectivity index (χ2n) is 6.24. The lowest BCUT2D eigenvalue weighted by Crippen LogP contribution is -2.43. The van der Waals surface area contributed by atoms with E-state index in [1.165, 1.54) is 18.5 Å². The van der Waals surface area contributed by atoms with Crippen molar-refractivity contribution in [2.45, 2.75) is 39.2 Å². The molecule has 1 saturated heterocycles. The van der Waals surface area contributed by atoms with Crippen LogP contribution >= 0.6 is 0 Å². The van der Waals surface area contributed by atoms with E-state index >= 15 is 0 Å². The predicted octanol–water partition coefficient (Wildman–Crippen LogP) is 2.70. The molecule has 0 amide bonds. The first-order valence-corrected chi connectivity index (χ1v) is 8.22. The molecule has 0 aliphatic carbocycles. The molecule has 21 heavy (non-hydrogen) atoms. The van der Waals surface area contributed by atoms with Crippen LogP contribution in [0.3, 0.4) is 0 Å². The van der Waals surface area contributed by atoms with Gasteiger partial charge in [-0.3, -0.25) is 4.98 Å². The molecule has 0 aromatic carbocycles. The zero-order chi connectivity index (χ0) is 14.9. The number of pyridine rings is 1.